The van der Waals surface area contributed by atoms with Gasteiger partial charge < -0.3 is 0 Å². The molecule has 0 aliphatic carbocycles. The van der Waals surface area contributed by atoms with Gasteiger partial charge in [-0.2, -0.15) is 0 Å². The van der Waals surface area contributed by atoms with E-state index >= 15 is 0 Å². The van der Waals surface area contributed by atoms with Crippen molar-refractivity contribution in [3.63, 3.8) is 0 Å². The van der Waals surface area contributed by atoms with Crippen LogP contribution in [0.3, 0.4) is 0 Å². The van der Waals surface area contributed by atoms with Gasteiger partial charge in [0.2, 0.25) is 0 Å². The highest BCUT2D eigenvalue weighted by Crippen LogP contribution is 2.13. The predicted molar refractivity (Wildman–Crippen MR) is 71.4 cm³/mol. The maximum atomic E-state index is 13.3. The summed E-state index contributed by atoms with van der Waals surface area (Å²) in [5, 5.41) is 0. The monoisotopic (exact) mass is 308 g/mol. The first-order chi connectivity index (χ1) is 10.5. The molecule has 22 heavy (non-hydrogen) atoms. The van der Waals surface area contributed by atoms with E-state index in [1.54, 1.807) is 0 Å². The lowest BCUT2D eigenvalue weighted by Gasteiger charge is -2.06. The van der Waals surface area contributed by atoms with Crippen LogP contribution in [0.1, 0.15) is 5.56 Å². The van der Waals surface area contributed by atoms with Crippen LogP contribution in [0.25, 0.3) is 0 Å². The number of nitrogens with one attached hydrogen (secondary N) is 2. The van der Waals surface area contributed by atoms with Crippen molar-refractivity contribution in [3.05, 3.63) is 65.2 Å². The van der Waals surface area contributed by atoms with E-state index < -0.39 is 29.2 Å². The Morgan fingerprint density at radius 3 is 2.36 bits per heavy atom. The number of hydrogen-bond acceptors (Lipinski definition) is 2. The van der Waals surface area contributed by atoms with Gasteiger partial charge in [0.25, 0.3) is 0 Å². The largest absolute Gasteiger partial charge is 0.314 e. The van der Waals surface area contributed by atoms with Crippen LogP contribution in [0.2, 0.25) is 0 Å². The first-order valence-electron chi connectivity index (χ1n) is 5.94. The summed E-state index contributed by atoms with van der Waals surface area (Å²) in [4.78, 5) is 11.4. The van der Waals surface area contributed by atoms with Crippen molar-refractivity contribution in [2.24, 2.45) is 0 Å². The summed E-state index contributed by atoms with van der Waals surface area (Å²) in [5.41, 5.74) is 4.00. The number of carbonyl (C=O) groups excluding carboxylic acids is 1. The first kappa shape index (κ1) is 15.4. The Hall–Kier alpha value is -3.01. The molecule has 2 N–H and O–H groups in total. The molecule has 0 aliphatic heterocycles. The second kappa shape index (κ2) is 6.63. The molecule has 0 heterocycles. The Balaban J connectivity index is 2.00. The number of carbonyl (C=O) groups is 1. The standard InChI is InChI=1S/C15H8F4N2O/c16-10-3-5-12(18)14(8-10)20-21-15(22)6-2-9-1-4-11(17)13(19)7-9/h1,3-5,7-8,20H,(H,21,22). The molecule has 0 atom stereocenters. The molecule has 0 spiro atoms. The van der Waals surface area contributed by atoms with Crippen molar-refractivity contribution >= 4 is 11.6 Å². The van der Waals surface area contributed by atoms with Gasteiger partial charge in [-0.05, 0) is 30.3 Å². The van der Waals surface area contributed by atoms with Gasteiger partial charge >= 0.3 is 5.91 Å². The topological polar surface area (TPSA) is 41.1 Å². The van der Waals surface area contributed by atoms with Gasteiger partial charge in [0.1, 0.15) is 11.6 Å². The summed E-state index contributed by atoms with van der Waals surface area (Å²) in [6.45, 7) is 0. The van der Waals surface area contributed by atoms with Gasteiger partial charge in [-0.1, -0.05) is 5.92 Å². The maximum Gasteiger partial charge on any atom is 0.314 e. The Morgan fingerprint density at radius 2 is 1.64 bits per heavy atom. The minimum atomic E-state index is -1.09. The molecule has 2 aromatic carbocycles. The molecule has 112 valence electrons. The fraction of sp³-hybridized carbons (Fsp3) is 0. The molecule has 0 saturated heterocycles. The molecule has 0 saturated carbocycles. The molecular formula is C15H8F4N2O. The average Bonchev–Trinajstić information content (AvgIpc) is 2.49. The highest BCUT2D eigenvalue weighted by Gasteiger charge is 2.04. The van der Waals surface area contributed by atoms with E-state index in [4.69, 9.17) is 0 Å². The van der Waals surface area contributed by atoms with Crippen molar-refractivity contribution in [3.8, 4) is 11.8 Å². The summed E-state index contributed by atoms with van der Waals surface area (Å²) >= 11 is 0. The van der Waals surface area contributed by atoms with E-state index in [9.17, 15) is 22.4 Å². The Bertz CT molecular complexity index is 781. The highest BCUT2D eigenvalue weighted by molar-refractivity contribution is 5.94. The Morgan fingerprint density at radius 1 is 0.909 bits per heavy atom. The number of rotatable bonds is 2. The van der Waals surface area contributed by atoms with E-state index in [0.29, 0.717) is 0 Å². The lowest BCUT2D eigenvalue weighted by atomic mass is 10.2. The summed E-state index contributed by atoms with van der Waals surface area (Å²) in [7, 11) is 0. The molecule has 0 bridgehead atoms. The quantitative estimate of drug-likeness (QED) is 0.509. The summed E-state index contributed by atoms with van der Waals surface area (Å²) < 4.78 is 51.8. The van der Waals surface area contributed by atoms with Crippen LogP contribution in [0.15, 0.2) is 36.4 Å². The number of amides is 1. The fourth-order valence-corrected chi connectivity index (χ4v) is 1.45. The molecule has 0 radical (unpaired) electrons. The van der Waals surface area contributed by atoms with Gasteiger partial charge in [-0.15, -0.1) is 0 Å². The SMILES string of the molecule is O=C(C#Cc1ccc(F)c(F)c1)NNc1cc(F)ccc1F. The van der Waals surface area contributed by atoms with Crippen LogP contribution in [-0.4, -0.2) is 5.91 Å². The van der Waals surface area contributed by atoms with Gasteiger partial charge in [-0.3, -0.25) is 15.6 Å². The van der Waals surface area contributed by atoms with E-state index in [1.807, 2.05) is 5.43 Å². The van der Waals surface area contributed by atoms with Crippen LogP contribution in [0, 0.1) is 35.1 Å². The molecule has 3 nitrogen and oxygen atoms in total. The number of benzene rings is 2. The Kier molecular flexibility index (Phi) is 4.63. The molecule has 1 amide bonds. The van der Waals surface area contributed by atoms with Crippen molar-refractivity contribution in [1.82, 2.24) is 5.43 Å². The smallest absolute Gasteiger partial charge is 0.295 e. The van der Waals surface area contributed by atoms with E-state index in [0.717, 1.165) is 30.3 Å². The van der Waals surface area contributed by atoms with Crippen LogP contribution in [0.5, 0.6) is 0 Å². The minimum Gasteiger partial charge on any atom is -0.295 e. The maximum absolute atomic E-state index is 13.3. The molecular weight excluding hydrogens is 300 g/mol. The van der Waals surface area contributed by atoms with Crippen molar-refractivity contribution in [1.29, 1.82) is 0 Å². The second-order valence-corrected chi connectivity index (χ2v) is 4.08. The molecule has 7 heteroatoms. The van der Waals surface area contributed by atoms with Gasteiger partial charge in [0.05, 0.1) is 5.69 Å². The number of anilines is 1. The molecule has 2 rings (SSSR count). The number of hydrogen-bond donors (Lipinski definition) is 2. The minimum absolute atomic E-state index is 0.0889. The predicted octanol–water partition coefficient (Wildman–Crippen LogP) is 2.74. The molecule has 2 aromatic rings. The molecule has 0 aromatic heterocycles. The average molecular weight is 308 g/mol. The third-order valence-electron chi connectivity index (χ3n) is 2.48. The molecule has 0 aliphatic rings. The van der Waals surface area contributed by atoms with Crippen molar-refractivity contribution in [2.45, 2.75) is 0 Å². The van der Waals surface area contributed by atoms with Gasteiger partial charge in [0.15, 0.2) is 11.6 Å². The van der Waals surface area contributed by atoms with Crippen LogP contribution >= 0.6 is 0 Å². The zero-order chi connectivity index (χ0) is 16.1. The third-order valence-corrected chi connectivity index (χ3v) is 2.48. The van der Waals surface area contributed by atoms with Crippen LogP contribution in [-0.2, 0) is 4.79 Å². The third kappa shape index (κ3) is 3.99. The number of halogens is 4. The van der Waals surface area contributed by atoms with Crippen LogP contribution < -0.4 is 10.9 Å². The molecule has 0 unspecified atom stereocenters. The van der Waals surface area contributed by atoms with Crippen molar-refractivity contribution < 1.29 is 22.4 Å². The lowest BCUT2D eigenvalue weighted by Crippen LogP contribution is -2.28. The summed E-state index contributed by atoms with van der Waals surface area (Å²) in [6, 6.07) is 5.55. The zero-order valence-corrected chi connectivity index (χ0v) is 10.9. The summed E-state index contributed by atoms with van der Waals surface area (Å²) in [6.07, 6.45) is 0. The van der Waals surface area contributed by atoms with E-state index in [1.165, 1.54) is 6.07 Å². The fourth-order valence-electron chi connectivity index (χ4n) is 1.45. The van der Waals surface area contributed by atoms with Crippen molar-refractivity contribution in [2.75, 3.05) is 5.43 Å². The number of hydrazine groups is 1. The zero-order valence-electron chi connectivity index (χ0n) is 10.9. The highest BCUT2D eigenvalue weighted by atomic mass is 19.2. The first-order valence-corrected chi connectivity index (χ1v) is 5.94. The summed E-state index contributed by atoms with van der Waals surface area (Å²) in [5.74, 6) is -0.0641. The van der Waals surface area contributed by atoms with E-state index in [-0.39, 0.29) is 11.3 Å². The van der Waals surface area contributed by atoms with Crippen LogP contribution in [0.4, 0.5) is 23.2 Å². The molecule has 0 fully saturated rings. The van der Waals surface area contributed by atoms with Gasteiger partial charge in [-0.25, -0.2) is 17.6 Å². The Labute approximate surface area is 122 Å². The lowest BCUT2D eigenvalue weighted by molar-refractivity contribution is -0.115. The second-order valence-electron chi connectivity index (χ2n) is 4.08. The van der Waals surface area contributed by atoms with E-state index in [2.05, 4.69) is 17.3 Å². The normalized spacial score (nSPS) is 9.64. The van der Waals surface area contributed by atoms with Gasteiger partial charge in [0, 0.05) is 17.6 Å².